The number of amides is 1. The molecular weight excluding hydrogens is 310 g/mol. The van der Waals surface area contributed by atoms with E-state index >= 15 is 0 Å². The SMILES string of the molecule is Cc1ccccc1O[C@@H](C)C(=O)N[C@H](C)c1ccc2c(c1)CCCC2. The van der Waals surface area contributed by atoms with Crippen LogP contribution < -0.4 is 10.1 Å². The fourth-order valence-electron chi connectivity index (χ4n) is 3.37. The number of nitrogens with one attached hydrogen (secondary N) is 1. The number of carbonyl (C=O) groups is 1. The van der Waals surface area contributed by atoms with Crippen LogP contribution >= 0.6 is 0 Å². The molecule has 0 aromatic heterocycles. The summed E-state index contributed by atoms with van der Waals surface area (Å²) in [4.78, 5) is 12.5. The molecule has 0 saturated carbocycles. The number of para-hydroxylation sites is 1. The summed E-state index contributed by atoms with van der Waals surface area (Å²) in [5, 5.41) is 3.08. The molecule has 2 atom stereocenters. The van der Waals surface area contributed by atoms with E-state index in [4.69, 9.17) is 4.74 Å². The quantitative estimate of drug-likeness (QED) is 0.871. The van der Waals surface area contributed by atoms with Crippen molar-refractivity contribution in [1.82, 2.24) is 5.32 Å². The number of rotatable bonds is 5. The van der Waals surface area contributed by atoms with Crippen molar-refractivity contribution < 1.29 is 9.53 Å². The van der Waals surface area contributed by atoms with Gasteiger partial charge in [-0.2, -0.15) is 0 Å². The maximum atomic E-state index is 12.5. The van der Waals surface area contributed by atoms with Gasteiger partial charge < -0.3 is 10.1 Å². The zero-order chi connectivity index (χ0) is 17.8. The maximum Gasteiger partial charge on any atom is 0.261 e. The summed E-state index contributed by atoms with van der Waals surface area (Å²) in [5.41, 5.74) is 5.10. The van der Waals surface area contributed by atoms with Crippen molar-refractivity contribution in [3.05, 3.63) is 64.7 Å². The van der Waals surface area contributed by atoms with Crippen LogP contribution in [-0.4, -0.2) is 12.0 Å². The van der Waals surface area contributed by atoms with E-state index in [9.17, 15) is 4.79 Å². The number of hydrogen-bond acceptors (Lipinski definition) is 2. The van der Waals surface area contributed by atoms with Crippen LogP contribution in [0.1, 0.15) is 55.0 Å². The van der Waals surface area contributed by atoms with Crippen LogP contribution in [0, 0.1) is 6.92 Å². The Kier molecular flexibility index (Phi) is 5.42. The molecule has 0 fully saturated rings. The van der Waals surface area contributed by atoms with Gasteiger partial charge in [0.25, 0.3) is 5.91 Å². The highest BCUT2D eigenvalue weighted by atomic mass is 16.5. The Hall–Kier alpha value is -2.29. The van der Waals surface area contributed by atoms with Gasteiger partial charge in [0.15, 0.2) is 6.10 Å². The molecule has 2 aromatic rings. The Morgan fingerprint density at radius 1 is 1.04 bits per heavy atom. The molecule has 0 bridgehead atoms. The van der Waals surface area contributed by atoms with Crippen molar-refractivity contribution in [2.24, 2.45) is 0 Å². The molecule has 1 amide bonds. The van der Waals surface area contributed by atoms with Gasteiger partial charge in [0, 0.05) is 0 Å². The van der Waals surface area contributed by atoms with Gasteiger partial charge in [-0.15, -0.1) is 0 Å². The van der Waals surface area contributed by atoms with E-state index in [-0.39, 0.29) is 11.9 Å². The van der Waals surface area contributed by atoms with E-state index in [1.165, 1.54) is 30.4 Å². The predicted octanol–water partition coefficient (Wildman–Crippen LogP) is 4.52. The first-order valence-electron chi connectivity index (χ1n) is 9.19. The van der Waals surface area contributed by atoms with Crippen molar-refractivity contribution in [3.63, 3.8) is 0 Å². The minimum absolute atomic E-state index is 0.0253. The highest BCUT2D eigenvalue weighted by Crippen LogP contribution is 2.25. The molecule has 1 N–H and O–H groups in total. The summed E-state index contributed by atoms with van der Waals surface area (Å²) in [5.74, 6) is 0.667. The van der Waals surface area contributed by atoms with Gasteiger partial charge in [0.2, 0.25) is 0 Å². The Morgan fingerprint density at radius 3 is 2.52 bits per heavy atom. The highest BCUT2D eigenvalue weighted by molar-refractivity contribution is 5.81. The molecule has 3 nitrogen and oxygen atoms in total. The monoisotopic (exact) mass is 337 g/mol. The van der Waals surface area contributed by atoms with E-state index in [0.29, 0.717) is 0 Å². The van der Waals surface area contributed by atoms with Gasteiger partial charge in [0.05, 0.1) is 6.04 Å². The van der Waals surface area contributed by atoms with Crippen LogP contribution in [0.15, 0.2) is 42.5 Å². The first-order chi connectivity index (χ1) is 12.0. The largest absolute Gasteiger partial charge is 0.481 e. The normalized spacial score (nSPS) is 15.8. The third kappa shape index (κ3) is 4.22. The second-order valence-electron chi connectivity index (χ2n) is 6.99. The minimum Gasteiger partial charge on any atom is -0.481 e. The lowest BCUT2D eigenvalue weighted by Crippen LogP contribution is -2.37. The van der Waals surface area contributed by atoms with Crippen molar-refractivity contribution in [1.29, 1.82) is 0 Å². The first-order valence-corrected chi connectivity index (χ1v) is 9.19. The van der Waals surface area contributed by atoms with Crippen molar-refractivity contribution in [2.75, 3.05) is 0 Å². The molecule has 3 heteroatoms. The lowest BCUT2D eigenvalue weighted by Gasteiger charge is -2.22. The molecule has 0 spiro atoms. The van der Waals surface area contributed by atoms with E-state index < -0.39 is 6.10 Å². The summed E-state index contributed by atoms with van der Waals surface area (Å²) >= 11 is 0. The summed E-state index contributed by atoms with van der Waals surface area (Å²) < 4.78 is 5.82. The van der Waals surface area contributed by atoms with Crippen LogP contribution in [0.3, 0.4) is 0 Å². The third-order valence-corrected chi connectivity index (χ3v) is 5.00. The molecule has 1 aliphatic rings. The number of carbonyl (C=O) groups excluding carboxylic acids is 1. The second kappa shape index (κ2) is 7.73. The lowest BCUT2D eigenvalue weighted by atomic mass is 9.89. The smallest absolute Gasteiger partial charge is 0.261 e. The summed E-state index contributed by atoms with van der Waals surface area (Å²) in [6, 6.07) is 14.4. The Morgan fingerprint density at radius 2 is 1.76 bits per heavy atom. The number of aryl methyl sites for hydroxylation is 3. The average molecular weight is 337 g/mol. The van der Waals surface area contributed by atoms with Crippen LogP contribution in [0.25, 0.3) is 0 Å². The Balaban J connectivity index is 1.63. The van der Waals surface area contributed by atoms with Crippen LogP contribution in [0.4, 0.5) is 0 Å². The Bertz CT molecular complexity index is 753. The number of fused-ring (bicyclic) bond motifs is 1. The van der Waals surface area contributed by atoms with Crippen molar-refractivity contribution >= 4 is 5.91 Å². The summed E-state index contributed by atoms with van der Waals surface area (Å²) in [6.07, 6.45) is 4.35. The standard InChI is InChI=1S/C22H27NO2/c1-15-8-4-7-11-21(15)25-17(3)22(24)23-16(2)19-13-12-18-9-5-6-10-20(18)14-19/h4,7-8,11-14,16-17H,5-6,9-10H2,1-3H3,(H,23,24)/t16-,17+/m1/s1. The molecule has 132 valence electrons. The van der Waals surface area contributed by atoms with Gasteiger partial charge in [-0.1, -0.05) is 36.4 Å². The zero-order valence-corrected chi connectivity index (χ0v) is 15.3. The molecule has 25 heavy (non-hydrogen) atoms. The third-order valence-electron chi connectivity index (χ3n) is 5.00. The zero-order valence-electron chi connectivity index (χ0n) is 15.3. The van der Waals surface area contributed by atoms with Crippen LogP contribution in [-0.2, 0) is 17.6 Å². The second-order valence-corrected chi connectivity index (χ2v) is 6.99. The molecular formula is C22H27NO2. The van der Waals surface area contributed by atoms with Crippen LogP contribution in [0.5, 0.6) is 5.75 Å². The molecule has 0 saturated heterocycles. The molecule has 2 aromatic carbocycles. The Labute approximate surface area is 150 Å². The molecule has 0 aliphatic heterocycles. The molecule has 1 aliphatic carbocycles. The molecule has 0 radical (unpaired) electrons. The number of benzene rings is 2. The molecule has 0 unspecified atom stereocenters. The lowest BCUT2D eigenvalue weighted by molar-refractivity contribution is -0.127. The van der Waals surface area contributed by atoms with E-state index in [1.54, 1.807) is 6.92 Å². The number of hydrogen-bond donors (Lipinski definition) is 1. The first kappa shape index (κ1) is 17.5. The van der Waals surface area contributed by atoms with Gasteiger partial charge in [0.1, 0.15) is 5.75 Å². The fraction of sp³-hybridized carbons (Fsp3) is 0.409. The van der Waals surface area contributed by atoms with Gasteiger partial charge in [-0.3, -0.25) is 4.79 Å². The number of ether oxygens (including phenoxy) is 1. The predicted molar refractivity (Wildman–Crippen MR) is 101 cm³/mol. The van der Waals surface area contributed by atoms with Gasteiger partial charge in [-0.25, -0.2) is 0 Å². The van der Waals surface area contributed by atoms with Crippen LogP contribution in [0.2, 0.25) is 0 Å². The van der Waals surface area contributed by atoms with Gasteiger partial charge >= 0.3 is 0 Å². The molecule has 0 heterocycles. The van der Waals surface area contributed by atoms with Gasteiger partial charge in [-0.05, 0) is 74.8 Å². The van der Waals surface area contributed by atoms with Crippen molar-refractivity contribution in [2.45, 2.75) is 58.6 Å². The van der Waals surface area contributed by atoms with Crippen molar-refractivity contribution in [3.8, 4) is 5.75 Å². The fourth-order valence-corrected chi connectivity index (χ4v) is 3.37. The summed E-state index contributed by atoms with van der Waals surface area (Å²) in [7, 11) is 0. The van der Waals surface area contributed by atoms with E-state index in [0.717, 1.165) is 23.3 Å². The summed E-state index contributed by atoms with van der Waals surface area (Å²) in [6.45, 7) is 5.81. The highest BCUT2D eigenvalue weighted by Gasteiger charge is 2.19. The van der Waals surface area contributed by atoms with E-state index in [1.807, 2.05) is 38.1 Å². The average Bonchev–Trinajstić information content (AvgIpc) is 2.63. The minimum atomic E-state index is -0.527. The van der Waals surface area contributed by atoms with E-state index in [2.05, 4.69) is 23.5 Å². The topological polar surface area (TPSA) is 38.3 Å². The molecule has 3 rings (SSSR count). The maximum absolute atomic E-state index is 12.5.